The summed E-state index contributed by atoms with van der Waals surface area (Å²) >= 11 is 0. The van der Waals surface area contributed by atoms with Gasteiger partial charge in [-0.15, -0.1) is 0 Å². The zero-order chi connectivity index (χ0) is 14.2. The van der Waals surface area contributed by atoms with Crippen LogP contribution in [-0.2, 0) is 4.79 Å². The van der Waals surface area contributed by atoms with E-state index in [4.69, 9.17) is 0 Å². The number of rotatable bonds is 1. The molecular formula is C14H20N4O2. The number of carbonyl (C=O) groups is 1. The first-order valence-corrected chi connectivity index (χ1v) is 7.12. The van der Waals surface area contributed by atoms with E-state index in [0.29, 0.717) is 26.1 Å². The molecule has 0 unspecified atom stereocenters. The fraction of sp³-hybridized carbons (Fsp3) is 0.643. The van der Waals surface area contributed by atoms with Crippen LogP contribution in [0.25, 0.3) is 0 Å². The summed E-state index contributed by atoms with van der Waals surface area (Å²) in [4.78, 5) is 23.0. The first-order valence-electron chi connectivity index (χ1n) is 7.12. The van der Waals surface area contributed by atoms with Crippen LogP contribution in [0.5, 0.6) is 0 Å². The monoisotopic (exact) mass is 276 g/mol. The quantitative estimate of drug-likeness (QED) is 0.769. The fourth-order valence-electron chi connectivity index (χ4n) is 3.24. The van der Waals surface area contributed by atoms with Crippen molar-refractivity contribution >= 4 is 11.7 Å². The third-order valence-corrected chi connectivity index (χ3v) is 4.39. The number of aromatic nitrogens is 2. The van der Waals surface area contributed by atoms with Gasteiger partial charge in [-0.25, -0.2) is 4.98 Å². The average Bonchev–Trinajstić information content (AvgIpc) is 2.45. The molecule has 3 heterocycles. The lowest BCUT2D eigenvalue weighted by atomic mass is 9.71. The van der Waals surface area contributed by atoms with E-state index < -0.39 is 11.5 Å². The Bertz CT molecular complexity index is 522. The molecule has 6 heteroatoms. The van der Waals surface area contributed by atoms with Crippen molar-refractivity contribution in [2.24, 2.45) is 5.41 Å². The Morgan fingerprint density at radius 3 is 3.10 bits per heavy atom. The Kier molecular flexibility index (Phi) is 3.33. The smallest absolute Gasteiger partial charge is 0.230 e. The van der Waals surface area contributed by atoms with E-state index in [1.807, 2.05) is 6.92 Å². The average molecular weight is 276 g/mol. The number of carbonyl (C=O) groups excluding carboxylic acids is 1. The van der Waals surface area contributed by atoms with Gasteiger partial charge in [-0.1, -0.05) is 0 Å². The van der Waals surface area contributed by atoms with Crippen molar-refractivity contribution < 1.29 is 9.90 Å². The standard InChI is InChI=1S/C14H20N4O2/c1-10-7-15-8-12(17-10)18-6-3-11(19)14(9-18)4-2-5-16-13(14)20/h7-8,11,19H,2-6,9H2,1H3,(H,16,20)/t11-,14+/m0/s1. The molecule has 2 aliphatic heterocycles. The lowest BCUT2D eigenvalue weighted by Crippen LogP contribution is -2.61. The van der Waals surface area contributed by atoms with Gasteiger partial charge in [0.1, 0.15) is 5.82 Å². The molecular weight excluding hydrogens is 256 g/mol. The third-order valence-electron chi connectivity index (χ3n) is 4.39. The van der Waals surface area contributed by atoms with Gasteiger partial charge < -0.3 is 15.3 Å². The van der Waals surface area contributed by atoms with Gasteiger partial charge in [-0.05, 0) is 26.2 Å². The highest BCUT2D eigenvalue weighted by atomic mass is 16.3. The normalized spacial score (nSPS) is 30.4. The predicted molar refractivity (Wildman–Crippen MR) is 74.3 cm³/mol. The molecule has 1 aromatic heterocycles. The second kappa shape index (κ2) is 5.01. The number of hydrogen-bond acceptors (Lipinski definition) is 5. The minimum absolute atomic E-state index is 0.0263. The SMILES string of the molecule is Cc1cncc(N2CC[C@H](O)[C@@]3(CCCNC3=O)C2)n1. The number of aliphatic hydroxyl groups is 1. The van der Waals surface area contributed by atoms with E-state index in [0.717, 1.165) is 24.4 Å². The van der Waals surface area contributed by atoms with Crippen LogP contribution in [-0.4, -0.2) is 46.7 Å². The summed E-state index contributed by atoms with van der Waals surface area (Å²) in [5.74, 6) is 0.760. The first kappa shape index (κ1) is 13.3. The number of amides is 1. The molecule has 6 nitrogen and oxygen atoms in total. The van der Waals surface area contributed by atoms with Crippen LogP contribution >= 0.6 is 0 Å². The summed E-state index contributed by atoms with van der Waals surface area (Å²) in [7, 11) is 0. The Labute approximate surface area is 118 Å². The van der Waals surface area contributed by atoms with Gasteiger partial charge in [0.25, 0.3) is 0 Å². The molecule has 0 saturated carbocycles. The molecule has 1 amide bonds. The molecule has 108 valence electrons. The summed E-state index contributed by atoms with van der Waals surface area (Å²) < 4.78 is 0. The predicted octanol–water partition coefficient (Wildman–Crippen LogP) is 0.252. The number of nitrogens with zero attached hydrogens (tertiary/aromatic N) is 3. The molecule has 2 aliphatic rings. The number of aliphatic hydroxyl groups excluding tert-OH is 1. The van der Waals surface area contributed by atoms with Gasteiger partial charge in [-0.3, -0.25) is 9.78 Å². The van der Waals surface area contributed by atoms with Crippen molar-refractivity contribution in [2.45, 2.75) is 32.3 Å². The van der Waals surface area contributed by atoms with Crippen LogP contribution in [0.2, 0.25) is 0 Å². The summed E-state index contributed by atoms with van der Waals surface area (Å²) in [5, 5.41) is 13.2. The van der Waals surface area contributed by atoms with Crippen LogP contribution < -0.4 is 10.2 Å². The summed E-state index contributed by atoms with van der Waals surface area (Å²) in [6, 6.07) is 0. The maximum absolute atomic E-state index is 12.3. The Hall–Kier alpha value is -1.69. The molecule has 2 fully saturated rings. The summed E-state index contributed by atoms with van der Waals surface area (Å²) in [6.45, 7) is 3.82. The summed E-state index contributed by atoms with van der Waals surface area (Å²) in [6.07, 6.45) is 5.09. The number of nitrogens with one attached hydrogen (secondary N) is 1. The van der Waals surface area contributed by atoms with Gasteiger partial charge in [0, 0.05) is 25.8 Å². The van der Waals surface area contributed by atoms with E-state index in [1.165, 1.54) is 0 Å². The van der Waals surface area contributed by atoms with Crippen molar-refractivity contribution in [3.8, 4) is 0 Å². The number of piperidine rings is 2. The summed E-state index contributed by atoms with van der Waals surface area (Å²) in [5.41, 5.74) is 0.165. The van der Waals surface area contributed by atoms with Crippen LogP contribution in [0, 0.1) is 12.3 Å². The highest BCUT2D eigenvalue weighted by Crippen LogP contribution is 2.38. The van der Waals surface area contributed by atoms with E-state index in [9.17, 15) is 9.90 Å². The molecule has 2 atom stereocenters. The van der Waals surface area contributed by atoms with E-state index >= 15 is 0 Å². The molecule has 1 aromatic rings. The second-order valence-corrected chi connectivity index (χ2v) is 5.76. The third kappa shape index (κ3) is 2.14. The maximum Gasteiger partial charge on any atom is 0.230 e. The number of hydrogen-bond donors (Lipinski definition) is 2. The minimum Gasteiger partial charge on any atom is -0.392 e. The largest absolute Gasteiger partial charge is 0.392 e. The Morgan fingerprint density at radius 1 is 1.50 bits per heavy atom. The van der Waals surface area contributed by atoms with E-state index in [2.05, 4.69) is 20.2 Å². The second-order valence-electron chi connectivity index (χ2n) is 5.76. The maximum atomic E-state index is 12.3. The minimum atomic E-state index is -0.693. The number of aryl methyl sites for hydroxylation is 1. The molecule has 1 spiro atoms. The van der Waals surface area contributed by atoms with Gasteiger partial charge in [-0.2, -0.15) is 0 Å². The molecule has 0 bridgehead atoms. The van der Waals surface area contributed by atoms with Gasteiger partial charge in [0.2, 0.25) is 5.91 Å². The number of anilines is 1. The van der Waals surface area contributed by atoms with Crippen molar-refractivity contribution in [3.05, 3.63) is 18.1 Å². The first-order chi connectivity index (χ1) is 9.62. The van der Waals surface area contributed by atoms with E-state index in [1.54, 1.807) is 12.4 Å². The molecule has 3 rings (SSSR count). The molecule has 0 aromatic carbocycles. The molecule has 2 N–H and O–H groups in total. The fourth-order valence-corrected chi connectivity index (χ4v) is 3.24. The van der Waals surface area contributed by atoms with Crippen molar-refractivity contribution in [3.63, 3.8) is 0 Å². The van der Waals surface area contributed by atoms with Crippen LogP contribution in [0.1, 0.15) is 25.0 Å². The molecule has 0 radical (unpaired) electrons. The van der Waals surface area contributed by atoms with Crippen molar-refractivity contribution in [1.29, 1.82) is 0 Å². The lowest BCUT2D eigenvalue weighted by molar-refractivity contribution is -0.142. The molecule has 20 heavy (non-hydrogen) atoms. The molecule has 0 aliphatic carbocycles. The Morgan fingerprint density at radius 2 is 2.35 bits per heavy atom. The topological polar surface area (TPSA) is 78.4 Å². The highest BCUT2D eigenvalue weighted by molar-refractivity contribution is 5.85. The van der Waals surface area contributed by atoms with E-state index in [-0.39, 0.29) is 5.91 Å². The zero-order valence-electron chi connectivity index (χ0n) is 11.7. The van der Waals surface area contributed by atoms with Crippen LogP contribution in [0.4, 0.5) is 5.82 Å². The zero-order valence-corrected chi connectivity index (χ0v) is 11.7. The highest BCUT2D eigenvalue weighted by Gasteiger charge is 2.50. The van der Waals surface area contributed by atoms with Gasteiger partial charge in [0.05, 0.1) is 23.4 Å². The lowest BCUT2D eigenvalue weighted by Gasteiger charge is -2.47. The molecule has 2 saturated heterocycles. The van der Waals surface area contributed by atoms with Gasteiger partial charge >= 0.3 is 0 Å². The van der Waals surface area contributed by atoms with Crippen molar-refractivity contribution in [1.82, 2.24) is 15.3 Å². The van der Waals surface area contributed by atoms with Crippen molar-refractivity contribution in [2.75, 3.05) is 24.5 Å². The van der Waals surface area contributed by atoms with Crippen LogP contribution in [0.15, 0.2) is 12.4 Å². The van der Waals surface area contributed by atoms with Crippen LogP contribution in [0.3, 0.4) is 0 Å². The Balaban J connectivity index is 1.88. The van der Waals surface area contributed by atoms with Gasteiger partial charge in [0.15, 0.2) is 0 Å².